The molecule has 0 N–H and O–H groups in total. The second kappa shape index (κ2) is 9.98. The van der Waals surface area contributed by atoms with Crippen LogP contribution in [0.4, 0.5) is 17.6 Å². The molecule has 1 fully saturated rings. The van der Waals surface area contributed by atoms with Crippen LogP contribution in [0.2, 0.25) is 0 Å². The van der Waals surface area contributed by atoms with E-state index in [0.717, 1.165) is 29.5 Å². The Balaban J connectivity index is 1.57. The lowest BCUT2D eigenvalue weighted by Gasteiger charge is -2.28. The highest BCUT2D eigenvalue weighted by atomic mass is 19.4. The highest BCUT2D eigenvalue weighted by Gasteiger charge is 2.30. The molecule has 0 heterocycles. The van der Waals surface area contributed by atoms with Crippen molar-refractivity contribution in [3.63, 3.8) is 0 Å². The van der Waals surface area contributed by atoms with Crippen molar-refractivity contribution in [1.29, 1.82) is 0 Å². The molecule has 0 nitrogen and oxygen atoms in total. The first-order chi connectivity index (χ1) is 14.3. The smallest absolute Gasteiger partial charge is 0.212 e. The normalized spacial score (nSPS) is 19.8. The Hall–Kier alpha value is -2.54. The van der Waals surface area contributed by atoms with Crippen molar-refractivity contribution in [2.45, 2.75) is 57.5 Å². The summed E-state index contributed by atoms with van der Waals surface area (Å²) in [6, 6.07) is 16.3. The minimum Gasteiger partial charge on any atom is -0.212 e. The highest BCUT2D eigenvalue weighted by Crippen LogP contribution is 2.40. The monoisotopic (exact) mass is 414 g/mol. The molecule has 1 aliphatic rings. The van der Waals surface area contributed by atoms with E-state index in [4.69, 9.17) is 0 Å². The van der Waals surface area contributed by atoms with Gasteiger partial charge in [-0.2, -0.15) is 13.2 Å². The van der Waals surface area contributed by atoms with E-state index in [-0.39, 0.29) is 12.0 Å². The summed E-state index contributed by atoms with van der Waals surface area (Å²) in [6.07, 6.45) is -0.312. The summed E-state index contributed by atoms with van der Waals surface area (Å²) >= 11 is 0. The van der Waals surface area contributed by atoms with E-state index in [1.54, 1.807) is 0 Å². The molecule has 0 radical (unpaired) electrons. The zero-order valence-corrected chi connectivity index (χ0v) is 17.1. The second-order valence-electron chi connectivity index (χ2n) is 7.94. The average molecular weight is 414 g/mol. The molecule has 2 aromatic carbocycles. The summed E-state index contributed by atoms with van der Waals surface area (Å²) < 4.78 is 50.8. The zero-order chi connectivity index (χ0) is 21.6. The van der Waals surface area contributed by atoms with Crippen molar-refractivity contribution in [3.05, 3.63) is 82.7 Å². The van der Waals surface area contributed by atoms with Crippen LogP contribution >= 0.6 is 0 Å². The van der Waals surface area contributed by atoms with Crippen LogP contribution in [-0.4, -0.2) is 6.18 Å². The molecular formula is C26H26F4. The minimum atomic E-state index is -4.59. The first kappa shape index (κ1) is 22.2. The number of hydrogen-bond acceptors (Lipinski definition) is 0. The maximum absolute atomic E-state index is 13.8. The lowest BCUT2D eigenvalue weighted by Crippen LogP contribution is -2.15. The minimum absolute atomic E-state index is 0.192. The predicted molar refractivity (Wildman–Crippen MR) is 113 cm³/mol. The van der Waals surface area contributed by atoms with Gasteiger partial charge in [0.15, 0.2) is 0 Å². The van der Waals surface area contributed by atoms with Gasteiger partial charge < -0.3 is 0 Å². The molecule has 0 bridgehead atoms. The number of rotatable bonds is 4. The highest BCUT2D eigenvalue weighted by molar-refractivity contribution is 5.44. The molecule has 0 aliphatic heterocycles. The zero-order valence-electron chi connectivity index (χ0n) is 17.1. The fraction of sp³-hybridized carbons (Fsp3) is 0.385. The molecule has 0 atom stereocenters. The third-order valence-corrected chi connectivity index (χ3v) is 5.64. The fourth-order valence-electron chi connectivity index (χ4n) is 4.00. The van der Waals surface area contributed by atoms with E-state index in [9.17, 15) is 17.6 Å². The molecule has 0 amide bonds. The quantitative estimate of drug-likeness (QED) is 0.355. The second-order valence-corrected chi connectivity index (χ2v) is 7.94. The molecule has 4 heteroatoms. The van der Waals surface area contributed by atoms with Crippen molar-refractivity contribution in [2.24, 2.45) is 5.92 Å². The van der Waals surface area contributed by atoms with Crippen molar-refractivity contribution < 1.29 is 17.6 Å². The Kier molecular flexibility index (Phi) is 7.37. The van der Waals surface area contributed by atoms with Gasteiger partial charge in [-0.05, 0) is 73.4 Å². The van der Waals surface area contributed by atoms with E-state index in [1.807, 2.05) is 36.4 Å². The topological polar surface area (TPSA) is 0 Å². The SMILES string of the molecule is CCCc1ccc(C#Cc2ccc(C3CCC(/C(F)=C/C(F)(F)F)CC3)cc2)cc1. The number of alkyl halides is 3. The molecule has 1 aliphatic carbocycles. The standard InChI is InChI=1S/C26H26F4/c1-2-3-19-4-6-20(7-5-19)8-9-21-10-12-22(13-11-21)23-14-16-24(17-15-23)25(27)18-26(28,29)30/h4-7,10-13,18,23-24H,2-3,14-17H2,1H3/b25-18-. The van der Waals surface area contributed by atoms with Crippen molar-refractivity contribution in [3.8, 4) is 11.8 Å². The van der Waals surface area contributed by atoms with Gasteiger partial charge in [-0.1, -0.05) is 49.5 Å². The van der Waals surface area contributed by atoms with Crippen LogP contribution < -0.4 is 0 Å². The van der Waals surface area contributed by atoms with Crippen LogP contribution in [-0.2, 0) is 6.42 Å². The van der Waals surface area contributed by atoms with Crippen molar-refractivity contribution in [2.75, 3.05) is 0 Å². The summed E-state index contributed by atoms with van der Waals surface area (Å²) in [4.78, 5) is 0. The Morgan fingerprint density at radius 2 is 1.43 bits per heavy atom. The first-order valence-electron chi connectivity index (χ1n) is 10.5. The third-order valence-electron chi connectivity index (χ3n) is 5.64. The lowest BCUT2D eigenvalue weighted by molar-refractivity contribution is -0.0820. The van der Waals surface area contributed by atoms with E-state index in [0.29, 0.717) is 25.7 Å². The van der Waals surface area contributed by atoms with Gasteiger partial charge in [0.25, 0.3) is 0 Å². The van der Waals surface area contributed by atoms with Crippen molar-refractivity contribution in [1.82, 2.24) is 0 Å². The van der Waals surface area contributed by atoms with Gasteiger partial charge in [-0.15, -0.1) is 0 Å². The van der Waals surface area contributed by atoms with Crippen LogP contribution in [0, 0.1) is 17.8 Å². The van der Waals surface area contributed by atoms with Gasteiger partial charge in [0.2, 0.25) is 0 Å². The Morgan fingerprint density at radius 1 is 0.900 bits per heavy atom. The average Bonchev–Trinajstić information content (AvgIpc) is 2.73. The number of halogens is 4. The molecule has 2 aromatic rings. The van der Waals surface area contributed by atoms with E-state index >= 15 is 0 Å². The van der Waals surface area contributed by atoms with E-state index < -0.39 is 17.9 Å². The lowest BCUT2D eigenvalue weighted by atomic mass is 9.78. The summed E-state index contributed by atoms with van der Waals surface area (Å²) in [5, 5.41) is 0. The molecule has 0 aromatic heterocycles. The number of benzene rings is 2. The van der Waals surface area contributed by atoms with E-state index in [2.05, 4.69) is 30.9 Å². The Labute approximate surface area is 176 Å². The molecule has 30 heavy (non-hydrogen) atoms. The molecular weight excluding hydrogens is 388 g/mol. The van der Waals surface area contributed by atoms with Gasteiger partial charge in [-0.25, -0.2) is 4.39 Å². The van der Waals surface area contributed by atoms with Gasteiger partial charge in [0, 0.05) is 17.0 Å². The number of allylic oxidation sites excluding steroid dienone is 2. The molecule has 0 spiro atoms. The maximum Gasteiger partial charge on any atom is 0.412 e. The molecule has 1 saturated carbocycles. The number of aryl methyl sites for hydroxylation is 1. The van der Waals surface area contributed by atoms with Crippen LogP contribution in [0.25, 0.3) is 0 Å². The number of hydrogen-bond donors (Lipinski definition) is 0. The van der Waals surface area contributed by atoms with Gasteiger partial charge in [-0.3, -0.25) is 0 Å². The summed E-state index contributed by atoms with van der Waals surface area (Å²) in [6.45, 7) is 2.16. The fourth-order valence-corrected chi connectivity index (χ4v) is 4.00. The molecule has 0 unspecified atom stereocenters. The maximum atomic E-state index is 13.8. The molecule has 3 rings (SSSR count). The molecule has 0 saturated heterocycles. The Morgan fingerprint density at radius 3 is 1.93 bits per heavy atom. The van der Waals surface area contributed by atoms with E-state index in [1.165, 1.54) is 5.56 Å². The summed E-state index contributed by atoms with van der Waals surface area (Å²) in [5.74, 6) is 4.96. The van der Waals surface area contributed by atoms with Crippen molar-refractivity contribution >= 4 is 0 Å². The Bertz CT molecular complexity index is 901. The van der Waals surface area contributed by atoms with Gasteiger partial charge in [0.1, 0.15) is 5.83 Å². The largest absolute Gasteiger partial charge is 0.412 e. The first-order valence-corrected chi connectivity index (χ1v) is 10.5. The van der Waals surface area contributed by atoms with Crippen LogP contribution in [0.15, 0.2) is 60.4 Å². The van der Waals surface area contributed by atoms with Gasteiger partial charge >= 0.3 is 6.18 Å². The van der Waals surface area contributed by atoms with Gasteiger partial charge in [0.05, 0.1) is 6.08 Å². The van der Waals surface area contributed by atoms with Crippen LogP contribution in [0.1, 0.15) is 67.2 Å². The third kappa shape index (κ3) is 6.49. The molecule has 158 valence electrons. The van der Waals surface area contributed by atoms with Crippen LogP contribution in [0.5, 0.6) is 0 Å². The summed E-state index contributed by atoms with van der Waals surface area (Å²) in [5.41, 5.74) is 4.36. The summed E-state index contributed by atoms with van der Waals surface area (Å²) in [7, 11) is 0. The predicted octanol–water partition coefficient (Wildman–Crippen LogP) is 7.73. The van der Waals surface area contributed by atoms with Crippen LogP contribution in [0.3, 0.4) is 0 Å².